The molecule has 0 saturated heterocycles. The van der Waals surface area contributed by atoms with Gasteiger partial charge < -0.3 is 9.80 Å². The number of hydrogen-bond donors (Lipinski definition) is 0. The van der Waals surface area contributed by atoms with Crippen LogP contribution in [-0.4, -0.2) is 48.6 Å². The molecule has 14 heavy (non-hydrogen) atoms. The van der Waals surface area contributed by atoms with E-state index in [4.69, 9.17) is 0 Å². The molecule has 0 aromatic carbocycles. The molecule has 0 aliphatic carbocycles. The van der Waals surface area contributed by atoms with Crippen LogP contribution in [0.1, 0.15) is 41.0 Å². The van der Waals surface area contributed by atoms with Crippen LogP contribution < -0.4 is 0 Å². The van der Waals surface area contributed by atoms with Crippen LogP contribution in [0.5, 0.6) is 0 Å². The van der Waals surface area contributed by atoms with Crippen molar-refractivity contribution in [3.63, 3.8) is 0 Å². The highest BCUT2D eigenvalue weighted by Crippen LogP contribution is 2.18. The molecule has 0 heterocycles. The number of hydrogen-bond acceptors (Lipinski definition) is 2. The van der Waals surface area contributed by atoms with Gasteiger partial charge in [0.1, 0.15) is 0 Å². The Morgan fingerprint density at radius 1 is 0.857 bits per heavy atom. The Morgan fingerprint density at radius 2 is 1.29 bits per heavy atom. The molecule has 0 N–H and O–H groups in total. The molecule has 0 atom stereocenters. The second-order valence-corrected chi connectivity index (χ2v) is 6.05. The van der Waals surface area contributed by atoms with Crippen LogP contribution in [0.4, 0.5) is 0 Å². The minimum atomic E-state index is 0.280. The Morgan fingerprint density at radius 3 is 1.57 bits per heavy atom. The maximum absolute atomic E-state index is 2.41. The standard InChI is InChI=1S/C12H28N2/c1-11(2,3)14(8)10-9-12(4,5)13(6)7/h9-10H2,1-8H3. The summed E-state index contributed by atoms with van der Waals surface area (Å²) in [6, 6.07) is 0. The maximum atomic E-state index is 2.41. The van der Waals surface area contributed by atoms with Crippen molar-refractivity contribution in [2.45, 2.75) is 52.1 Å². The fourth-order valence-corrected chi connectivity index (χ4v) is 1.00. The molecule has 0 spiro atoms. The maximum Gasteiger partial charge on any atom is 0.0159 e. The van der Waals surface area contributed by atoms with Gasteiger partial charge in [0.2, 0.25) is 0 Å². The van der Waals surface area contributed by atoms with Crippen LogP contribution in [0.3, 0.4) is 0 Å². The third-order valence-corrected chi connectivity index (χ3v) is 3.41. The fraction of sp³-hybridized carbons (Fsp3) is 1.00. The summed E-state index contributed by atoms with van der Waals surface area (Å²) in [5, 5.41) is 0. The molecule has 0 bridgehead atoms. The summed E-state index contributed by atoms with van der Waals surface area (Å²) in [5.41, 5.74) is 0.571. The van der Waals surface area contributed by atoms with E-state index in [0.717, 1.165) is 6.54 Å². The van der Waals surface area contributed by atoms with Gasteiger partial charge in [-0.05, 0) is 62.2 Å². The highest BCUT2D eigenvalue weighted by atomic mass is 15.2. The lowest BCUT2D eigenvalue weighted by molar-refractivity contribution is 0.120. The minimum Gasteiger partial charge on any atom is -0.304 e. The Balaban J connectivity index is 4.07. The molecule has 0 aliphatic heterocycles. The van der Waals surface area contributed by atoms with Crippen LogP contribution in [-0.2, 0) is 0 Å². The van der Waals surface area contributed by atoms with E-state index in [-0.39, 0.29) is 5.54 Å². The van der Waals surface area contributed by atoms with Crippen molar-refractivity contribution in [3.05, 3.63) is 0 Å². The summed E-state index contributed by atoms with van der Waals surface area (Å²) in [6.45, 7) is 12.5. The molecule has 0 amide bonds. The van der Waals surface area contributed by atoms with Crippen molar-refractivity contribution < 1.29 is 0 Å². The van der Waals surface area contributed by atoms with E-state index in [1.54, 1.807) is 0 Å². The molecular weight excluding hydrogens is 172 g/mol. The summed E-state index contributed by atoms with van der Waals surface area (Å²) >= 11 is 0. The van der Waals surface area contributed by atoms with E-state index in [1.807, 2.05) is 0 Å². The Labute approximate surface area is 90.3 Å². The van der Waals surface area contributed by atoms with E-state index >= 15 is 0 Å². The average Bonchev–Trinajstić information content (AvgIpc) is 1.98. The zero-order chi connectivity index (χ0) is 11.6. The van der Waals surface area contributed by atoms with Gasteiger partial charge in [-0.25, -0.2) is 0 Å². The molecule has 0 aromatic rings. The van der Waals surface area contributed by atoms with Gasteiger partial charge in [-0.1, -0.05) is 0 Å². The van der Waals surface area contributed by atoms with Gasteiger partial charge in [-0.3, -0.25) is 0 Å². The molecule has 0 aromatic heterocycles. The second kappa shape index (κ2) is 4.63. The molecule has 0 aliphatic rings. The summed E-state index contributed by atoms with van der Waals surface area (Å²) in [7, 11) is 6.50. The molecular formula is C12H28N2. The monoisotopic (exact) mass is 200 g/mol. The van der Waals surface area contributed by atoms with E-state index in [1.165, 1.54) is 6.42 Å². The quantitative estimate of drug-likeness (QED) is 0.688. The first-order valence-electron chi connectivity index (χ1n) is 5.46. The first kappa shape index (κ1) is 13.9. The number of rotatable bonds is 4. The van der Waals surface area contributed by atoms with Gasteiger partial charge >= 0.3 is 0 Å². The zero-order valence-corrected chi connectivity index (χ0v) is 11.3. The first-order valence-corrected chi connectivity index (χ1v) is 5.46. The lowest BCUT2D eigenvalue weighted by atomic mass is 9.97. The van der Waals surface area contributed by atoms with Gasteiger partial charge in [0, 0.05) is 17.6 Å². The smallest absolute Gasteiger partial charge is 0.0159 e. The summed E-state index contributed by atoms with van der Waals surface area (Å²) < 4.78 is 0. The molecule has 0 unspecified atom stereocenters. The lowest BCUT2D eigenvalue weighted by Gasteiger charge is -2.38. The van der Waals surface area contributed by atoms with E-state index in [2.05, 4.69) is 65.6 Å². The molecule has 2 heteroatoms. The van der Waals surface area contributed by atoms with Crippen molar-refractivity contribution >= 4 is 0 Å². The van der Waals surface area contributed by atoms with Crippen molar-refractivity contribution in [2.75, 3.05) is 27.7 Å². The molecule has 86 valence electrons. The molecule has 0 saturated carbocycles. The molecule has 0 rings (SSSR count). The third-order valence-electron chi connectivity index (χ3n) is 3.41. The molecule has 2 nitrogen and oxygen atoms in total. The zero-order valence-electron chi connectivity index (χ0n) is 11.3. The average molecular weight is 200 g/mol. The van der Waals surface area contributed by atoms with Crippen molar-refractivity contribution in [2.24, 2.45) is 0 Å². The van der Waals surface area contributed by atoms with Crippen LogP contribution in [0.2, 0.25) is 0 Å². The van der Waals surface area contributed by atoms with Crippen LogP contribution >= 0.6 is 0 Å². The summed E-state index contributed by atoms with van der Waals surface area (Å²) in [6.07, 6.45) is 1.20. The highest BCUT2D eigenvalue weighted by molar-refractivity contribution is 4.81. The van der Waals surface area contributed by atoms with Crippen molar-refractivity contribution in [3.8, 4) is 0 Å². The Bertz CT molecular complexity index is 166. The van der Waals surface area contributed by atoms with Crippen LogP contribution in [0.25, 0.3) is 0 Å². The minimum absolute atomic E-state index is 0.280. The van der Waals surface area contributed by atoms with Gasteiger partial charge in [0.05, 0.1) is 0 Å². The Hall–Kier alpha value is -0.0800. The normalized spacial score (nSPS) is 14.1. The Kier molecular flexibility index (Phi) is 4.60. The van der Waals surface area contributed by atoms with Crippen LogP contribution in [0, 0.1) is 0 Å². The first-order chi connectivity index (χ1) is 6.07. The molecule has 0 radical (unpaired) electrons. The highest BCUT2D eigenvalue weighted by Gasteiger charge is 2.23. The summed E-state index contributed by atoms with van der Waals surface area (Å²) in [4.78, 5) is 4.71. The van der Waals surface area contributed by atoms with Gasteiger partial charge in [0.25, 0.3) is 0 Å². The number of nitrogens with zero attached hydrogens (tertiary/aromatic N) is 2. The summed E-state index contributed by atoms with van der Waals surface area (Å²) in [5.74, 6) is 0. The topological polar surface area (TPSA) is 6.48 Å². The predicted molar refractivity (Wildman–Crippen MR) is 64.8 cm³/mol. The lowest BCUT2D eigenvalue weighted by Crippen LogP contribution is -2.45. The van der Waals surface area contributed by atoms with Crippen molar-refractivity contribution in [1.29, 1.82) is 0 Å². The third kappa shape index (κ3) is 4.43. The van der Waals surface area contributed by atoms with Gasteiger partial charge in [-0.2, -0.15) is 0 Å². The van der Waals surface area contributed by atoms with E-state index in [0.29, 0.717) is 5.54 Å². The van der Waals surface area contributed by atoms with Gasteiger partial charge in [-0.15, -0.1) is 0 Å². The van der Waals surface area contributed by atoms with E-state index in [9.17, 15) is 0 Å². The fourth-order valence-electron chi connectivity index (χ4n) is 1.00. The van der Waals surface area contributed by atoms with Gasteiger partial charge in [0.15, 0.2) is 0 Å². The molecule has 0 fully saturated rings. The predicted octanol–water partition coefficient (Wildman–Crippen LogP) is 2.45. The van der Waals surface area contributed by atoms with E-state index < -0.39 is 0 Å². The van der Waals surface area contributed by atoms with Crippen LogP contribution in [0.15, 0.2) is 0 Å². The largest absolute Gasteiger partial charge is 0.304 e. The second-order valence-electron chi connectivity index (χ2n) is 6.05. The van der Waals surface area contributed by atoms with Crippen molar-refractivity contribution in [1.82, 2.24) is 9.80 Å². The SMILES string of the molecule is CN(CCC(C)(C)N(C)C)C(C)(C)C.